The first-order chi connectivity index (χ1) is 9.80. The Bertz CT molecular complexity index is 578. The van der Waals surface area contributed by atoms with Crippen molar-refractivity contribution in [2.24, 2.45) is 16.2 Å². The zero-order chi connectivity index (χ0) is 15.5. The van der Waals surface area contributed by atoms with Gasteiger partial charge in [0, 0.05) is 16.4 Å². The molecule has 3 fully saturated rings. The largest absolute Gasteiger partial charge is 0.310 e. The molecule has 1 aromatic heterocycles. The Morgan fingerprint density at radius 2 is 2.10 bits per heavy atom. The molecule has 3 saturated carbocycles. The second-order valence-corrected chi connectivity index (χ2v) is 10.4. The Morgan fingerprint density at radius 1 is 1.38 bits per heavy atom. The molecule has 1 amide bonds. The first-order valence-corrected chi connectivity index (χ1v) is 9.70. The van der Waals surface area contributed by atoms with Crippen LogP contribution in [0.25, 0.3) is 0 Å². The van der Waals surface area contributed by atoms with Gasteiger partial charge in [-0.1, -0.05) is 67.7 Å². The molecule has 3 atom stereocenters. The van der Waals surface area contributed by atoms with Crippen LogP contribution in [-0.2, 0) is 4.79 Å². The molecule has 1 aromatic rings. The predicted octanol–water partition coefficient (Wildman–Crippen LogP) is 4.71. The second kappa shape index (κ2) is 5.03. The molecule has 3 aliphatic carbocycles. The predicted molar refractivity (Wildman–Crippen MR) is 95.1 cm³/mol. The van der Waals surface area contributed by atoms with Crippen molar-refractivity contribution in [3.8, 4) is 0 Å². The first-order valence-electron chi connectivity index (χ1n) is 6.95. The minimum atomic E-state index is -0.385. The summed E-state index contributed by atoms with van der Waals surface area (Å²) in [5.74, 6) is 0.688. The number of carbonyl (C=O) groups excluding carboxylic acids is 1. The van der Waals surface area contributed by atoms with Gasteiger partial charge in [-0.05, 0) is 30.4 Å². The normalized spacial score (nSPS) is 36.4. The van der Waals surface area contributed by atoms with E-state index in [-0.39, 0.29) is 30.7 Å². The van der Waals surface area contributed by atoms with Gasteiger partial charge in [0.15, 0.2) is 0 Å². The van der Waals surface area contributed by atoms with Crippen LogP contribution in [0.1, 0.15) is 26.7 Å². The van der Waals surface area contributed by atoms with Gasteiger partial charge < -0.3 is 5.32 Å². The summed E-state index contributed by atoms with van der Waals surface area (Å²) in [6.07, 6.45) is 3.60. The highest BCUT2D eigenvalue weighted by atomic mass is 79.9. The van der Waals surface area contributed by atoms with Gasteiger partial charge in [0.05, 0.1) is 9.15 Å². The number of nitrogens with zero attached hydrogens (tertiary/aromatic N) is 1. The molecule has 0 spiro atoms. The number of nitrogens with one attached hydrogen (secondary N) is 1. The number of alkyl halides is 3. The molecule has 21 heavy (non-hydrogen) atoms. The van der Waals surface area contributed by atoms with Crippen LogP contribution in [0.3, 0.4) is 0 Å². The summed E-state index contributed by atoms with van der Waals surface area (Å²) in [6.45, 7) is 4.40. The van der Waals surface area contributed by atoms with Crippen molar-refractivity contribution < 1.29 is 4.79 Å². The highest BCUT2D eigenvalue weighted by Gasteiger charge is 2.83. The number of rotatable bonds is 3. The Labute approximate surface area is 150 Å². The van der Waals surface area contributed by atoms with Gasteiger partial charge in [-0.15, -0.1) is 0 Å². The fraction of sp³-hybridized carbons (Fsp3) is 0.600. The molecule has 114 valence electrons. The van der Waals surface area contributed by atoms with Crippen LogP contribution in [0, 0.1) is 16.2 Å². The molecule has 1 N–H and O–H groups in total. The molecule has 4 rings (SSSR count). The smallest absolute Gasteiger partial charge is 0.233 e. The Morgan fingerprint density at radius 3 is 2.57 bits per heavy atom. The van der Waals surface area contributed by atoms with E-state index in [1.54, 1.807) is 6.20 Å². The molecule has 0 aromatic carbocycles. The molecule has 0 aliphatic heterocycles. The van der Waals surface area contributed by atoms with Gasteiger partial charge in [0.2, 0.25) is 5.91 Å². The van der Waals surface area contributed by atoms with Crippen LogP contribution < -0.4 is 5.32 Å². The fourth-order valence-corrected chi connectivity index (χ4v) is 9.28. The van der Waals surface area contributed by atoms with Crippen LogP contribution in [0.15, 0.2) is 24.4 Å². The molecule has 6 heteroatoms. The van der Waals surface area contributed by atoms with Crippen molar-refractivity contribution in [2.75, 3.05) is 5.32 Å². The van der Waals surface area contributed by atoms with Gasteiger partial charge in [-0.3, -0.25) is 4.79 Å². The molecule has 1 heterocycles. The van der Waals surface area contributed by atoms with Crippen LogP contribution in [0.4, 0.5) is 5.82 Å². The molecule has 2 unspecified atom stereocenters. The lowest BCUT2D eigenvalue weighted by molar-refractivity contribution is -0.155. The summed E-state index contributed by atoms with van der Waals surface area (Å²) in [4.78, 5) is 17.3. The van der Waals surface area contributed by atoms with Crippen LogP contribution in [-0.4, -0.2) is 19.5 Å². The van der Waals surface area contributed by atoms with E-state index in [1.807, 2.05) is 18.2 Å². The topological polar surface area (TPSA) is 42.0 Å². The van der Waals surface area contributed by atoms with E-state index in [1.165, 1.54) is 0 Å². The second-order valence-electron chi connectivity index (χ2n) is 6.47. The lowest BCUT2D eigenvalue weighted by Crippen LogP contribution is -2.71. The van der Waals surface area contributed by atoms with Gasteiger partial charge in [0.25, 0.3) is 0 Å². The van der Waals surface area contributed by atoms with E-state index >= 15 is 0 Å². The summed E-state index contributed by atoms with van der Waals surface area (Å²) in [6, 6.07) is 5.54. The van der Waals surface area contributed by atoms with Gasteiger partial charge in [-0.25, -0.2) is 4.98 Å². The van der Waals surface area contributed by atoms with Crippen molar-refractivity contribution in [3.63, 3.8) is 0 Å². The average molecular weight is 481 g/mol. The summed E-state index contributed by atoms with van der Waals surface area (Å²) >= 11 is 11.2. The number of amides is 1. The summed E-state index contributed by atoms with van der Waals surface area (Å²) < 4.78 is 0.190. The molecule has 3 nitrogen and oxygen atoms in total. The van der Waals surface area contributed by atoms with Crippen molar-refractivity contribution in [2.45, 2.75) is 35.3 Å². The highest BCUT2D eigenvalue weighted by molar-refractivity contribution is 9.24. The first kappa shape index (κ1) is 15.9. The van der Waals surface area contributed by atoms with E-state index < -0.39 is 0 Å². The number of aromatic nitrogens is 1. The molecular weight excluding hydrogens is 464 g/mol. The number of hydrogen-bond donors (Lipinski definition) is 1. The number of hydrogen-bond acceptors (Lipinski definition) is 2. The van der Waals surface area contributed by atoms with E-state index in [2.05, 4.69) is 71.9 Å². The van der Waals surface area contributed by atoms with E-state index in [0.717, 1.165) is 12.8 Å². The lowest BCUT2D eigenvalue weighted by atomic mass is 9.43. The molecule has 0 radical (unpaired) electrons. The van der Waals surface area contributed by atoms with Crippen molar-refractivity contribution in [1.82, 2.24) is 4.98 Å². The number of anilines is 1. The Balaban J connectivity index is 1.91. The van der Waals surface area contributed by atoms with Crippen molar-refractivity contribution in [3.05, 3.63) is 24.4 Å². The zero-order valence-electron chi connectivity index (χ0n) is 11.9. The van der Waals surface area contributed by atoms with Gasteiger partial charge in [-0.2, -0.15) is 0 Å². The summed E-state index contributed by atoms with van der Waals surface area (Å²) in [7, 11) is 0. The maximum absolute atomic E-state index is 13.0. The van der Waals surface area contributed by atoms with E-state index in [9.17, 15) is 4.79 Å². The molecule has 2 bridgehead atoms. The SMILES string of the molecule is CC1(C)C2(C(=O)Nc3ccccn3)CCC1(C(Br)Br)[C@H]2Br. The third-order valence-electron chi connectivity index (χ3n) is 5.80. The number of carbonyl (C=O) groups is 1. The third kappa shape index (κ3) is 1.75. The fourth-order valence-electron chi connectivity index (χ4n) is 4.36. The number of halogens is 3. The number of pyridine rings is 1. The average Bonchev–Trinajstić information content (AvgIpc) is 2.89. The quantitative estimate of drug-likeness (QED) is 0.637. The van der Waals surface area contributed by atoms with Crippen LogP contribution in [0.5, 0.6) is 0 Å². The van der Waals surface area contributed by atoms with Crippen LogP contribution >= 0.6 is 47.8 Å². The minimum absolute atomic E-state index is 0.0501. The Hall–Kier alpha value is 0.0600. The van der Waals surface area contributed by atoms with Crippen molar-refractivity contribution >= 4 is 59.5 Å². The molecule has 3 aliphatic rings. The molecule has 0 saturated heterocycles. The maximum atomic E-state index is 13.0. The summed E-state index contributed by atoms with van der Waals surface area (Å²) in [5, 5.41) is 2.99. The van der Waals surface area contributed by atoms with Gasteiger partial charge >= 0.3 is 0 Å². The van der Waals surface area contributed by atoms with Crippen LogP contribution in [0.2, 0.25) is 0 Å². The van der Waals surface area contributed by atoms with E-state index in [0.29, 0.717) is 5.82 Å². The number of fused-ring (bicyclic) bond motifs is 1. The van der Waals surface area contributed by atoms with E-state index in [4.69, 9.17) is 0 Å². The monoisotopic (exact) mass is 478 g/mol. The third-order valence-corrected chi connectivity index (χ3v) is 9.03. The maximum Gasteiger partial charge on any atom is 0.233 e. The lowest BCUT2D eigenvalue weighted by Gasteiger charge is -2.66. The minimum Gasteiger partial charge on any atom is -0.310 e. The van der Waals surface area contributed by atoms with Gasteiger partial charge in [0.1, 0.15) is 5.82 Å². The highest BCUT2D eigenvalue weighted by Crippen LogP contribution is 2.82. The standard InChI is InChI=1S/C15H17Br3N2O/c1-13(2)14(11(17)18)6-7-15(13,10(14)16)12(21)20-9-5-3-4-8-19-9/h3-5,8,10-11H,6-7H2,1-2H3,(H,19,20,21)/t10-,14?,15?/m1/s1. The zero-order valence-corrected chi connectivity index (χ0v) is 16.6. The summed E-state index contributed by atoms with van der Waals surface area (Å²) in [5.41, 5.74) is -0.427. The Kier molecular flexibility index (Phi) is 3.82. The molecular formula is C15H17Br3N2O. The van der Waals surface area contributed by atoms with Crippen molar-refractivity contribution in [1.29, 1.82) is 0 Å².